The Labute approximate surface area is 197 Å². The van der Waals surface area contributed by atoms with Crippen LogP contribution in [0.3, 0.4) is 0 Å². The summed E-state index contributed by atoms with van der Waals surface area (Å²) in [7, 11) is 2.82. The third-order valence-electron chi connectivity index (χ3n) is 5.85. The predicted octanol–water partition coefficient (Wildman–Crippen LogP) is 2.09. The highest BCUT2D eigenvalue weighted by Crippen LogP contribution is 2.40. The van der Waals surface area contributed by atoms with E-state index in [9.17, 15) is 19.2 Å². The molecule has 0 saturated carbocycles. The van der Waals surface area contributed by atoms with Crippen molar-refractivity contribution in [2.45, 2.75) is 39.7 Å². The van der Waals surface area contributed by atoms with Crippen LogP contribution in [0.5, 0.6) is 0 Å². The smallest absolute Gasteiger partial charge is 0.341 e. The van der Waals surface area contributed by atoms with Crippen LogP contribution >= 0.6 is 22.9 Å². The largest absolute Gasteiger partial charge is 0.462 e. The van der Waals surface area contributed by atoms with Crippen molar-refractivity contribution in [2.24, 2.45) is 20.0 Å². The van der Waals surface area contributed by atoms with Crippen molar-refractivity contribution < 1.29 is 14.3 Å². The first kappa shape index (κ1) is 23.2. The molecule has 176 valence electrons. The summed E-state index contributed by atoms with van der Waals surface area (Å²) in [6, 6.07) is 0. The molecule has 3 aromatic heterocycles. The lowest BCUT2D eigenvalue weighted by atomic mass is 9.88. The maximum absolute atomic E-state index is 13.0. The molecule has 10 nitrogen and oxygen atoms in total. The maximum atomic E-state index is 13.0. The van der Waals surface area contributed by atoms with E-state index in [0.717, 1.165) is 34.3 Å². The van der Waals surface area contributed by atoms with Crippen molar-refractivity contribution in [3.63, 3.8) is 0 Å². The number of nitrogens with zero attached hydrogens (tertiary/aromatic N) is 4. The number of hydrogen-bond donors (Lipinski definition) is 1. The SMILES string of the molecule is CCOC(=O)c1c(NC(=O)Cn2c(Cl)nc3c2c(=O)n(C)c(=O)n3C)sc2c1CCC(C)C2. The van der Waals surface area contributed by atoms with Crippen LogP contribution in [0.1, 0.15) is 41.1 Å². The molecule has 0 aromatic carbocycles. The van der Waals surface area contributed by atoms with Gasteiger partial charge in [0.15, 0.2) is 11.2 Å². The first-order chi connectivity index (χ1) is 15.6. The van der Waals surface area contributed by atoms with Crippen molar-refractivity contribution >= 4 is 51.0 Å². The molecule has 12 heteroatoms. The summed E-state index contributed by atoms with van der Waals surface area (Å²) in [6.07, 6.45) is 2.55. The minimum Gasteiger partial charge on any atom is -0.462 e. The lowest BCUT2D eigenvalue weighted by Gasteiger charge is -2.18. The van der Waals surface area contributed by atoms with Crippen LogP contribution in [0, 0.1) is 5.92 Å². The van der Waals surface area contributed by atoms with Gasteiger partial charge in [-0.2, -0.15) is 4.98 Å². The number of carbonyl (C=O) groups excluding carboxylic acids is 2. The number of fused-ring (bicyclic) bond motifs is 2. The Morgan fingerprint density at radius 1 is 1.27 bits per heavy atom. The summed E-state index contributed by atoms with van der Waals surface area (Å²) >= 11 is 7.60. The number of anilines is 1. The van der Waals surface area contributed by atoms with E-state index in [-0.39, 0.29) is 29.6 Å². The topological polar surface area (TPSA) is 117 Å². The molecule has 1 amide bonds. The standard InChI is InChI=1S/C21H24ClN5O5S/c1-5-32-19(30)14-11-7-6-10(2)8-12(11)33-17(14)23-13(28)9-27-15-16(24-20(27)22)25(3)21(31)26(4)18(15)29/h10H,5-9H2,1-4H3,(H,23,28). The van der Waals surface area contributed by atoms with Gasteiger partial charge < -0.3 is 10.1 Å². The van der Waals surface area contributed by atoms with Gasteiger partial charge in [-0.05, 0) is 49.3 Å². The molecule has 1 N–H and O–H groups in total. The molecule has 0 saturated heterocycles. The molecule has 0 fully saturated rings. The summed E-state index contributed by atoms with van der Waals surface area (Å²) in [5.74, 6) is -0.451. The average molecular weight is 494 g/mol. The highest BCUT2D eigenvalue weighted by molar-refractivity contribution is 7.17. The third kappa shape index (κ3) is 3.99. The molecule has 1 unspecified atom stereocenters. The van der Waals surface area contributed by atoms with Crippen molar-refractivity contribution in [1.82, 2.24) is 18.7 Å². The minimum absolute atomic E-state index is 0.0460. The Kier molecular flexibility index (Phi) is 6.19. The number of rotatable bonds is 5. The second-order valence-electron chi connectivity index (χ2n) is 8.17. The Balaban J connectivity index is 1.70. The predicted molar refractivity (Wildman–Crippen MR) is 125 cm³/mol. The molecule has 0 radical (unpaired) electrons. The Hall–Kier alpha value is -2.92. The molecule has 1 aliphatic carbocycles. The number of aromatic nitrogens is 4. The van der Waals surface area contributed by atoms with Gasteiger partial charge in [-0.15, -0.1) is 11.3 Å². The molecule has 4 rings (SSSR count). The average Bonchev–Trinajstić information content (AvgIpc) is 3.27. The number of esters is 1. The van der Waals surface area contributed by atoms with E-state index in [1.54, 1.807) is 6.92 Å². The molecule has 1 aliphatic rings. The normalized spacial score (nSPS) is 15.5. The number of aryl methyl sites for hydroxylation is 1. The quantitative estimate of drug-likeness (QED) is 0.429. The van der Waals surface area contributed by atoms with Gasteiger partial charge in [-0.1, -0.05) is 6.92 Å². The lowest BCUT2D eigenvalue weighted by molar-refractivity contribution is -0.116. The fraction of sp³-hybridized carbons (Fsp3) is 0.476. The van der Waals surface area contributed by atoms with Crippen LogP contribution in [-0.2, 0) is 43.0 Å². The van der Waals surface area contributed by atoms with E-state index in [1.807, 2.05) is 0 Å². The van der Waals surface area contributed by atoms with Gasteiger partial charge in [0.25, 0.3) is 5.56 Å². The van der Waals surface area contributed by atoms with Crippen molar-refractivity contribution in [2.75, 3.05) is 11.9 Å². The number of hydrogen-bond acceptors (Lipinski definition) is 7. The highest BCUT2D eigenvalue weighted by Gasteiger charge is 2.29. The van der Waals surface area contributed by atoms with Crippen LogP contribution in [0.15, 0.2) is 9.59 Å². The minimum atomic E-state index is -0.604. The van der Waals surface area contributed by atoms with Crippen molar-refractivity contribution in [3.05, 3.63) is 42.1 Å². The van der Waals surface area contributed by atoms with Crippen LogP contribution in [0.25, 0.3) is 11.2 Å². The summed E-state index contributed by atoms with van der Waals surface area (Å²) < 4.78 is 8.63. The van der Waals surface area contributed by atoms with Gasteiger partial charge >= 0.3 is 11.7 Å². The van der Waals surface area contributed by atoms with E-state index >= 15 is 0 Å². The number of amides is 1. The summed E-state index contributed by atoms with van der Waals surface area (Å²) in [5.41, 5.74) is 0.320. The number of imidazole rings is 1. The Morgan fingerprint density at radius 2 is 2.00 bits per heavy atom. The van der Waals surface area contributed by atoms with Crippen LogP contribution in [0.4, 0.5) is 5.00 Å². The Bertz CT molecular complexity index is 1400. The number of ether oxygens (including phenoxy) is 1. The molecular formula is C21H24ClN5O5S. The zero-order chi connectivity index (χ0) is 24.0. The van der Waals surface area contributed by atoms with Gasteiger partial charge in [-0.25, -0.2) is 9.59 Å². The first-order valence-corrected chi connectivity index (χ1v) is 11.8. The van der Waals surface area contributed by atoms with Gasteiger partial charge in [0.05, 0.1) is 12.2 Å². The third-order valence-corrected chi connectivity index (χ3v) is 7.31. The molecule has 33 heavy (non-hydrogen) atoms. The monoisotopic (exact) mass is 493 g/mol. The van der Waals surface area contributed by atoms with Gasteiger partial charge in [0, 0.05) is 19.0 Å². The van der Waals surface area contributed by atoms with E-state index in [2.05, 4.69) is 17.2 Å². The van der Waals surface area contributed by atoms with Crippen molar-refractivity contribution in [3.8, 4) is 0 Å². The van der Waals surface area contributed by atoms with E-state index in [1.165, 1.54) is 34.6 Å². The van der Waals surface area contributed by atoms with Crippen LogP contribution in [-0.4, -0.2) is 37.2 Å². The highest BCUT2D eigenvalue weighted by atomic mass is 35.5. The Morgan fingerprint density at radius 3 is 2.70 bits per heavy atom. The van der Waals surface area contributed by atoms with Crippen molar-refractivity contribution in [1.29, 1.82) is 0 Å². The van der Waals surface area contributed by atoms with E-state index in [4.69, 9.17) is 16.3 Å². The zero-order valence-electron chi connectivity index (χ0n) is 18.7. The van der Waals surface area contributed by atoms with Crippen LogP contribution in [0.2, 0.25) is 5.28 Å². The van der Waals surface area contributed by atoms with Gasteiger partial charge in [-0.3, -0.25) is 23.3 Å². The second kappa shape index (κ2) is 8.79. The van der Waals surface area contributed by atoms with E-state index < -0.39 is 23.1 Å². The summed E-state index contributed by atoms with van der Waals surface area (Å²) in [6.45, 7) is 3.80. The van der Waals surface area contributed by atoms with Gasteiger partial charge in [0.1, 0.15) is 11.5 Å². The first-order valence-electron chi connectivity index (χ1n) is 10.6. The molecule has 0 aliphatic heterocycles. The zero-order valence-corrected chi connectivity index (χ0v) is 20.3. The number of nitrogens with one attached hydrogen (secondary N) is 1. The lowest BCUT2D eigenvalue weighted by Crippen LogP contribution is -2.37. The van der Waals surface area contributed by atoms with Gasteiger partial charge in [0.2, 0.25) is 11.2 Å². The molecule has 0 spiro atoms. The second-order valence-corrected chi connectivity index (χ2v) is 9.61. The van der Waals surface area contributed by atoms with Crippen LogP contribution < -0.4 is 16.6 Å². The fourth-order valence-electron chi connectivity index (χ4n) is 4.13. The molecule has 3 heterocycles. The molecule has 3 aromatic rings. The molecule has 0 bridgehead atoms. The molecule has 1 atom stereocenters. The maximum Gasteiger partial charge on any atom is 0.341 e. The number of carbonyl (C=O) groups is 2. The molecular weight excluding hydrogens is 470 g/mol. The summed E-state index contributed by atoms with van der Waals surface area (Å²) in [4.78, 5) is 55.7. The summed E-state index contributed by atoms with van der Waals surface area (Å²) in [5, 5.41) is 3.14. The fourth-order valence-corrected chi connectivity index (χ4v) is 5.77. The number of thiophene rings is 1. The number of halogens is 1. The van der Waals surface area contributed by atoms with E-state index in [0.29, 0.717) is 16.5 Å².